The van der Waals surface area contributed by atoms with Crippen molar-refractivity contribution in [3.8, 4) is 11.5 Å². The lowest BCUT2D eigenvalue weighted by Gasteiger charge is -2.26. The molecule has 2 aromatic carbocycles. The van der Waals surface area contributed by atoms with Crippen LogP contribution in [0.4, 0.5) is 0 Å². The fraction of sp³-hybridized carbons (Fsp3) is 0.707. The lowest BCUT2D eigenvalue weighted by Crippen LogP contribution is -2.18. The number of hydrogen-bond acceptors (Lipinski definition) is 5. The SMILES string of the molecule is CC(C)(c1ccc(O)cc1)c1ccc(O)cc1.CCCCCCCCCCCCCOP([O-])OCCCCCCCCCCCCC. The molecule has 2 aromatic rings. The summed E-state index contributed by atoms with van der Waals surface area (Å²) < 4.78 is 10.6. The summed E-state index contributed by atoms with van der Waals surface area (Å²) in [6, 6.07) is 14.4. The molecule has 0 saturated carbocycles. The summed E-state index contributed by atoms with van der Waals surface area (Å²) in [7, 11) is -1.91. The number of rotatable bonds is 28. The van der Waals surface area contributed by atoms with E-state index in [2.05, 4.69) is 27.7 Å². The summed E-state index contributed by atoms with van der Waals surface area (Å²) in [4.78, 5) is 11.7. The molecule has 0 fully saturated rings. The maximum atomic E-state index is 11.7. The topological polar surface area (TPSA) is 82.0 Å². The fourth-order valence-corrected chi connectivity index (χ4v) is 6.40. The van der Waals surface area contributed by atoms with E-state index in [1.165, 1.54) is 128 Å². The Labute approximate surface area is 290 Å². The van der Waals surface area contributed by atoms with Crippen LogP contribution in [0.3, 0.4) is 0 Å². The van der Waals surface area contributed by atoms with Gasteiger partial charge in [0.15, 0.2) is 0 Å². The molecule has 2 N–H and O–H groups in total. The third kappa shape index (κ3) is 23.4. The van der Waals surface area contributed by atoms with Gasteiger partial charge in [-0.25, -0.2) is 0 Å². The fourth-order valence-electron chi connectivity index (χ4n) is 5.77. The van der Waals surface area contributed by atoms with Crippen molar-refractivity contribution in [2.24, 2.45) is 0 Å². The highest BCUT2D eigenvalue weighted by Gasteiger charge is 2.22. The Hall–Kier alpha value is -1.65. The second-order valence-corrected chi connectivity index (χ2v) is 14.6. The monoisotopic (exact) mass is 673 g/mol. The van der Waals surface area contributed by atoms with Gasteiger partial charge in [-0.3, -0.25) is 0 Å². The van der Waals surface area contributed by atoms with E-state index in [-0.39, 0.29) is 16.9 Å². The van der Waals surface area contributed by atoms with Gasteiger partial charge in [0.1, 0.15) is 11.5 Å². The van der Waals surface area contributed by atoms with Crippen LogP contribution < -0.4 is 4.89 Å². The van der Waals surface area contributed by atoms with Crippen molar-refractivity contribution in [1.29, 1.82) is 0 Å². The number of hydrogen-bond donors (Lipinski definition) is 2. The molecule has 0 aromatic heterocycles. The Balaban J connectivity index is 0.000000542. The van der Waals surface area contributed by atoms with Crippen LogP contribution in [0.1, 0.15) is 180 Å². The van der Waals surface area contributed by atoms with Gasteiger partial charge < -0.3 is 24.2 Å². The summed E-state index contributed by atoms with van der Waals surface area (Å²) in [5.74, 6) is 0.547. The molecule has 2 rings (SSSR count). The van der Waals surface area contributed by atoms with Crippen molar-refractivity contribution < 1.29 is 24.2 Å². The van der Waals surface area contributed by atoms with Crippen LogP contribution in [0.25, 0.3) is 0 Å². The first kappa shape index (κ1) is 43.4. The summed E-state index contributed by atoms with van der Waals surface area (Å²) in [6.07, 6.45) is 29.0. The Morgan fingerprint density at radius 2 is 0.723 bits per heavy atom. The maximum Gasteiger partial charge on any atom is 0.115 e. The van der Waals surface area contributed by atoms with E-state index in [1.54, 1.807) is 24.3 Å². The molecule has 0 bridgehead atoms. The van der Waals surface area contributed by atoms with E-state index in [1.807, 2.05) is 24.3 Å². The van der Waals surface area contributed by atoms with Crippen molar-refractivity contribution in [2.45, 2.75) is 174 Å². The van der Waals surface area contributed by atoms with Crippen molar-refractivity contribution in [1.82, 2.24) is 0 Å². The van der Waals surface area contributed by atoms with E-state index in [9.17, 15) is 15.1 Å². The van der Waals surface area contributed by atoms with Crippen LogP contribution >= 0.6 is 8.60 Å². The van der Waals surface area contributed by atoms with E-state index >= 15 is 0 Å². The molecule has 0 aliphatic heterocycles. The van der Waals surface area contributed by atoms with Gasteiger partial charge in [-0.05, 0) is 48.2 Å². The molecule has 270 valence electrons. The lowest BCUT2D eigenvalue weighted by atomic mass is 9.78. The third-order valence-corrected chi connectivity index (χ3v) is 9.85. The molecule has 47 heavy (non-hydrogen) atoms. The van der Waals surface area contributed by atoms with Crippen molar-refractivity contribution in [3.05, 3.63) is 59.7 Å². The molecule has 0 radical (unpaired) electrons. The number of phenolic OH excluding ortho intramolecular Hbond substituents is 2. The minimum atomic E-state index is -1.91. The van der Waals surface area contributed by atoms with Gasteiger partial charge >= 0.3 is 0 Å². The Bertz CT molecular complexity index is 872. The van der Waals surface area contributed by atoms with Gasteiger partial charge in [-0.1, -0.05) is 180 Å². The molecule has 0 aliphatic rings. The normalized spacial score (nSPS) is 11.5. The molecule has 0 unspecified atom stereocenters. The second kappa shape index (κ2) is 29.3. The first-order valence-electron chi connectivity index (χ1n) is 19.1. The molecular weight excluding hydrogens is 603 g/mol. The van der Waals surface area contributed by atoms with Gasteiger partial charge in [0, 0.05) is 5.41 Å². The van der Waals surface area contributed by atoms with E-state index in [0.717, 1.165) is 24.0 Å². The summed E-state index contributed by atoms with van der Waals surface area (Å²) in [5, 5.41) is 18.6. The number of phenols is 2. The average Bonchev–Trinajstić information content (AvgIpc) is 3.06. The Morgan fingerprint density at radius 1 is 0.468 bits per heavy atom. The van der Waals surface area contributed by atoms with Crippen LogP contribution in [0.5, 0.6) is 11.5 Å². The predicted molar refractivity (Wildman–Crippen MR) is 200 cm³/mol. The maximum absolute atomic E-state index is 11.7. The van der Waals surface area contributed by atoms with Crippen LogP contribution in [-0.2, 0) is 14.5 Å². The van der Waals surface area contributed by atoms with Crippen LogP contribution in [0, 0.1) is 0 Å². The lowest BCUT2D eigenvalue weighted by molar-refractivity contribution is -0.204. The van der Waals surface area contributed by atoms with Crippen molar-refractivity contribution in [2.75, 3.05) is 13.2 Å². The molecular formula is C41H70O5P-. The highest BCUT2D eigenvalue weighted by atomic mass is 31.2. The quantitative estimate of drug-likeness (QED) is 0.0694. The highest BCUT2D eigenvalue weighted by Crippen LogP contribution is 2.33. The van der Waals surface area contributed by atoms with Crippen LogP contribution in [-0.4, -0.2) is 23.4 Å². The predicted octanol–water partition coefficient (Wildman–Crippen LogP) is 12.7. The van der Waals surface area contributed by atoms with Gasteiger partial charge in [-0.2, -0.15) is 0 Å². The minimum absolute atomic E-state index is 0.151. The first-order valence-corrected chi connectivity index (χ1v) is 20.2. The van der Waals surface area contributed by atoms with Crippen LogP contribution in [0.15, 0.2) is 48.5 Å². The smallest absolute Gasteiger partial charge is 0.115 e. The highest BCUT2D eigenvalue weighted by molar-refractivity contribution is 7.39. The molecule has 6 heteroatoms. The van der Waals surface area contributed by atoms with E-state index in [0.29, 0.717) is 13.2 Å². The largest absolute Gasteiger partial charge is 0.786 e. The Morgan fingerprint density at radius 3 is 1.00 bits per heavy atom. The van der Waals surface area contributed by atoms with Crippen molar-refractivity contribution >= 4 is 8.60 Å². The van der Waals surface area contributed by atoms with Gasteiger partial charge in [-0.15, -0.1) is 0 Å². The van der Waals surface area contributed by atoms with E-state index in [4.69, 9.17) is 9.05 Å². The number of unbranched alkanes of at least 4 members (excludes halogenated alkanes) is 20. The average molecular weight is 674 g/mol. The zero-order valence-corrected chi connectivity index (χ0v) is 31.6. The minimum Gasteiger partial charge on any atom is -0.786 e. The number of aromatic hydroxyl groups is 2. The Kier molecular flexibility index (Phi) is 27.0. The van der Waals surface area contributed by atoms with Crippen LogP contribution in [0.2, 0.25) is 0 Å². The van der Waals surface area contributed by atoms with Crippen molar-refractivity contribution in [3.63, 3.8) is 0 Å². The molecule has 0 spiro atoms. The third-order valence-electron chi connectivity index (χ3n) is 9.07. The summed E-state index contributed by atoms with van der Waals surface area (Å²) in [5.41, 5.74) is 2.10. The van der Waals surface area contributed by atoms with Gasteiger partial charge in [0.05, 0.1) is 21.8 Å². The first-order chi connectivity index (χ1) is 22.8. The molecule has 5 nitrogen and oxygen atoms in total. The van der Waals surface area contributed by atoms with Gasteiger partial charge in [0.2, 0.25) is 0 Å². The molecule has 0 amide bonds. The molecule has 0 heterocycles. The van der Waals surface area contributed by atoms with E-state index < -0.39 is 8.60 Å². The van der Waals surface area contributed by atoms with Gasteiger partial charge in [0.25, 0.3) is 0 Å². The zero-order valence-electron chi connectivity index (χ0n) is 30.7. The molecule has 0 atom stereocenters. The molecule has 0 saturated heterocycles. The summed E-state index contributed by atoms with van der Waals surface area (Å²) >= 11 is 0. The second-order valence-electron chi connectivity index (χ2n) is 13.7. The summed E-state index contributed by atoms with van der Waals surface area (Å²) in [6.45, 7) is 9.92. The zero-order chi connectivity index (χ0) is 34.4. The standard InChI is InChI=1S/C26H54O3P.C15H16O2/c1-3-5-7-9-11-13-15-17-19-21-23-25-28-30(27)29-26-24-22-20-18-16-14-12-10-8-6-4-2;1-15(2,11-3-7-13(16)8-4-11)12-5-9-14(17)10-6-12/h3-26H2,1-2H3;3-10,16-17H,1-2H3/q-1;. The number of benzene rings is 2. The molecule has 0 aliphatic carbocycles.